The van der Waals surface area contributed by atoms with Crippen molar-refractivity contribution >= 4 is 12.0 Å². The van der Waals surface area contributed by atoms with Gasteiger partial charge in [0.15, 0.2) is 0 Å². The van der Waals surface area contributed by atoms with Crippen molar-refractivity contribution in [2.24, 2.45) is 0 Å². The number of para-hydroxylation sites is 1. The van der Waals surface area contributed by atoms with Crippen LogP contribution in [0.3, 0.4) is 0 Å². The molecule has 0 bridgehead atoms. The molecule has 0 radical (unpaired) electrons. The first-order valence-electron chi connectivity index (χ1n) is 7.14. The van der Waals surface area contributed by atoms with Gasteiger partial charge in [0.25, 0.3) is 5.91 Å². The number of rotatable bonds is 3. The molecule has 0 aliphatic carbocycles. The summed E-state index contributed by atoms with van der Waals surface area (Å²) in [6.45, 7) is 3.69. The van der Waals surface area contributed by atoms with Gasteiger partial charge in [0.1, 0.15) is 17.5 Å². The predicted molar refractivity (Wildman–Crippen MR) is 87.5 cm³/mol. The van der Waals surface area contributed by atoms with Crippen LogP contribution in [0.15, 0.2) is 35.9 Å². The molecular formula is C18H18FN3O. The molecule has 2 aromatic rings. The van der Waals surface area contributed by atoms with Crippen LogP contribution in [0.4, 0.5) is 4.39 Å². The molecule has 1 heterocycles. The van der Waals surface area contributed by atoms with E-state index in [-0.39, 0.29) is 17.3 Å². The van der Waals surface area contributed by atoms with Crippen LogP contribution >= 0.6 is 0 Å². The van der Waals surface area contributed by atoms with Crippen LogP contribution in [-0.2, 0) is 4.79 Å². The molecule has 0 unspecified atom stereocenters. The second-order valence-electron chi connectivity index (χ2n) is 5.48. The molecule has 2 rings (SSSR count). The van der Waals surface area contributed by atoms with Crippen LogP contribution in [-0.4, -0.2) is 29.5 Å². The highest BCUT2D eigenvalue weighted by molar-refractivity contribution is 6.01. The lowest BCUT2D eigenvalue weighted by atomic mass is 10.1. The van der Waals surface area contributed by atoms with E-state index in [1.807, 2.05) is 26.0 Å². The zero-order valence-corrected chi connectivity index (χ0v) is 13.6. The molecule has 0 fully saturated rings. The standard InChI is InChI=1S/C18H18FN3O/c1-12-9-14(10-15(11-20)18(23)21(3)4)13(2)22(12)17-8-6-5-7-16(17)19/h5-10H,1-4H3/b15-10-. The number of carbonyl (C=O) groups is 1. The van der Waals surface area contributed by atoms with E-state index in [2.05, 4.69) is 0 Å². The van der Waals surface area contributed by atoms with Crippen molar-refractivity contribution in [3.05, 3.63) is 58.7 Å². The van der Waals surface area contributed by atoms with E-state index in [0.29, 0.717) is 5.69 Å². The maximum atomic E-state index is 14.1. The summed E-state index contributed by atoms with van der Waals surface area (Å²) in [5.41, 5.74) is 2.81. The quantitative estimate of drug-likeness (QED) is 0.645. The first-order valence-corrected chi connectivity index (χ1v) is 7.14. The fourth-order valence-electron chi connectivity index (χ4n) is 2.48. The fraction of sp³-hybridized carbons (Fsp3) is 0.222. The van der Waals surface area contributed by atoms with Crippen LogP contribution < -0.4 is 0 Å². The molecule has 1 amide bonds. The van der Waals surface area contributed by atoms with Crippen molar-refractivity contribution in [3.8, 4) is 11.8 Å². The molecule has 23 heavy (non-hydrogen) atoms. The molecular weight excluding hydrogens is 293 g/mol. The largest absolute Gasteiger partial charge is 0.344 e. The third-order valence-electron chi connectivity index (χ3n) is 3.62. The van der Waals surface area contributed by atoms with Gasteiger partial charge in [-0.3, -0.25) is 4.79 Å². The topological polar surface area (TPSA) is 49.0 Å². The minimum absolute atomic E-state index is 0.0452. The van der Waals surface area contributed by atoms with Crippen LogP contribution in [0.25, 0.3) is 11.8 Å². The Morgan fingerprint density at radius 1 is 1.30 bits per heavy atom. The predicted octanol–water partition coefficient (Wildman–Crippen LogP) is 3.23. The van der Waals surface area contributed by atoms with Gasteiger partial charge in [-0.1, -0.05) is 12.1 Å². The molecule has 118 valence electrons. The fourth-order valence-corrected chi connectivity index (χ4v) is 2.48. The Hall–Kier alpha value is -2.87. The van der Waals surface area contributed by atoms with Gasteiger partial charge in [0, 0.05) is 25.5 Å². The number of aryl methyl sites for hydroxylation is 1. The summed E-state index contributed by atoms with van der Waals surface area (Å²) in [4.78, 5) is 13.3. The summed E-state index contributed by atoms with van der Waals surface area (Å²) >= 11 is 0. The Bertz CT molecular complexity index is 825. The normalized spacial score (nSPS) is 11.2. The lowest BCUT2D eigenvalue weighted by Gasteiger charge is -2.11. The summed E-state index contributed by atoms with van der Waals surface area (Å²) in [6, 6.07) is 10.3. The number of hydrogen-bond donors (Lipinski definition) is 0. The molecule has 0 saturated heterocycles. The Labute approximate surface area is 135 Å². The van der Waals surface area contributed by atoms with Crippen molar-refractivity contribution < 1.29 is 9.18 Å². The molecule has 0 spiro atoms. The zero-order chi connectivity index (χ0) is 17.1. The molecule has 0 aliphatic heterocycles. The average molecular weight is 311 g/mol. The van der Waals surface area contributed by atoms with E-state index in [1.54, 1.807) is 42.9 Å². The molecule has 0 N–H and O–H groups in total. The van der Waals surface area contributed by atoms with Crippen molar-refractivity contribution in [2.45, 2.75) is 13.8 Å². The lowest BCUT2D eigenvalue weighted by molar-refractivity contribution is -0.124. The van der Waals surface area contributed by atoms with Gasteiger partial charge in [-0.05, 0) is 43.7 Å². The molecule has 0 saturated carbocycles. The second kappa shape index (κ2) is 6.49. The van der Waals surface area contributed by atoms with E-state index in [4.69, 9.17) is 0 Å². The Balaban J connectivity index is 2.57. The minimum Gasteiger partial charge on any atom is -0.344 e. The summed E-state index contributed by atoms with van der Waals surface area (Å²) in [7, 11) is 3.19. The number of halogens is 1. The Morgan fingerprint density at radius 2 is 1.96 bits per heavy atom. The molecule has 1 aromatic heterocycles. The summed E-state index contributed by atoms with van der Waals surface area (Å²) in [6.07, 6.45) is 1.54. The average Bonchev–Trinajstić information content (AvgIpc) is 2.79. The van der Waals surface area contributed by atoms with E-state index in [9.17, 15) is 14.4 Å². The van der Waals surface area contributed by atoms with Crippen molar-refractivity contribution in [1.29, 1.82) is 5.26 Å². The highest BCUT2D eigenvalue weighted by Crippen LogP contribution is 2.24. The van der Waals surface area contributed by atoms with Gasteiger partial charge in [-0.25, -0.2) is 4.39 Å². The van der Waals surface area contributed by atoms with Gasteiger partial charge in [0.2, 0.25) is 0 Å². The lowest BCUT2D eigenvalue weighted by Crippen LogP contribution is -2.22. The van der Waals surface area contributed by atoms with Crippen molar-refractivity contribution in [2.75, 3.05) is 14.1 Å². The van der Waals surface area contributed by atoms with Gasteiger partial charge in [-0.2, -0.15) is 5.26 Å². The first-order chi connectivity index (χ1) is 10.9. The van der Waals surface area contributed by atoms with Gasteiger partial charge in [0.05, 0.1) is 5.69 Å². The summed E-state index contributed by atoms with van der Waals surface area (Å²) < 4.78 is 15.8. The maximum Gasteiger partial charge on any atom is 0.264 e. The SMILES string of the molecule is Cc1cc(/C=C(/C#N)C(=O)N(C)C)c(C)n1-c1ccccc1F. The molecule has 5 heteroatoms. The van der Waals surface area contributed by atoms with Gasteiger partial charge in [-0.15, -0.1) is 0 Å². The first kappa shape index (κ1) is 16.5. The molecule has 4 nitrogen and oxygen atoms in total. The third-order valence-corrected chi connectivity index (χ3v) is 3.62. The maximum absolute atomic E-state index is 14.1. The van der Waals surface area contributed by atoms with Crippen molar-refractivity contribution in [1.82, 2.24) is 9.47 Å². The monoisotopic (exact) mass is 311 g/mol. The van der Waals surface area contributed by atoms with Crippen LogP contribution in [0.5, 0.6) is 0 Å². The molecule has 0 aliphatic rings. The molecule has 1 aromatic carbocycles. The number of nitriles is 1. The smallest absolute Gasteiger partial charge is 0.264 e. The number of benzene rings is 1. The Morgan fingerprint density at radius 3 is 2.52 bits per heavy atom. The van der Waals surface area contributed by atoms with E-state index in [1.165, 1.54) is 11.0 Å². The van der Waals surface area contributed by atoms with E-state index >= 15 is 0 Å². The van der Waals surface area contributed by atoms with Crippen molar-refractivity contribution in [3.63, 3.8) is 0 Å². The second-order valence-corrected chi connectivity index (χ2v) is 5.48. The zero-order valence-electron chi connectivity index (χ0n) is 13.6. The number of nitrogens with zero attached hydrogens (tertiary/aromatic N) is 3. The Kier molecular flexibility index (Phi) is 4.65. The number of aromatic nitrogens is 1. The number of carbonyl (C=O) groups excluding carboxylic acids is 1. The highest BCUT2D eigenvalue weighted by atomic mass is 19.1. The number of likely N-dealkylation sites (N-methyl/N-ethyl adjacent to an activating group) is 1. The number of amides is 1. The third kappa shape index (κ3) is 3.16. The van der Waals surface area contributed by atoms with E-state index in [0.717, 1.165) is 17.0 Å². The highest BCUT2D eigenvalue weighted by Gasteiger charge is 2.16. The minimum atomic E-state index is -0.358. The molecule has 0 atom stereocenters. The number of hydrogen-bond acceptors (Lipinski definition) is 2. The van der Waals surface area contributed by atoms with Gasteiger partial charge < -0.3 is 9.47 Å². The summed E-state index contributed by atoms with van der Waals surface area (Å²) in [5.74, 6) is -0.683. The van der Waals surface area contributed by atoms with Gasteiger partial charge >= 0.3 is 0 Å². The van der Waals surface area contributed by atoms with E-state index < -0.39 is 0 Å². The van der Waals surface area contributed by atoms with Crippen LogP contribution in [0.1, 0.15) is 17.0 Å². The van der Waals surface area contributed by atoms with Crippen LogP contribution in [0.2, 0.25) is 0 Å². The summed E-state index contributed by atoms with van der Waals surface area (Å²) in [5, 5.41) is 9.20. The van der Waals surface area contributed by atoms with Crippen LogP contribution in [0, 0.1) is 31.0 Å².